The van der Waals surface area contributed by atoms with E-state index >= 15 is 0 Å². The first-order valence-corrected chi connectivity index (χ1v) is 11.1. The number of rotatable bonds is 4. The Morgan fingerprint density at radius 3 is 2.54 bits per heavy atom. The first-order chi connectivity index (χ1) is 12.5. The predicted molar refractivity (Wildman–Crippen MR) is 102 cm³/mol. The summed E-state index contributed by atoms with van der Waals surface area (Å²) in [7, 11) is -3.12. The minimum absolute atomic E-state index is 0.177. The summed E-state index contributed by atoms with van der Waals surface area (Å²) >= 11 is 1.49. The Morgan fingerprint density at radius 2 is 1.85 bits per heavy atom. The predicted octanol–water partition coefficient (Wildman–Crippen LogP) is 2.50. The number of nitrogens with zero attached hydrogens (tertiary/aromatic N) is 5. The molecule has 1 aliphatic rings. The minimum atomic E-state index is -3.12. The van der Waals surface area contributed by atoms with Crippen molar-refractivity contribution < 1.29 is 8.42 Å². The Kier molecular flexibility index (Phi) is 4.60. The van der Waals surface area contributed by atoms with Crippen LogP contribution in [-0.4, -0.2) is 51.9 Å². The largest absolute Gasteiger partial charge is 0.234 e. The first kappa shape index (κ1) is 17.3. The smallest absolute Gasteiger partial charge is 0.213 e. The Hall–Kier alpha value is -2.10. The molecule has 3 heterocycles. The van der Waals surface area contributed by atoms with Gasteiger partial charge in [0.15, 0.2) is 5.82 Å². The van der Waals surface area contributed by atoms with Gasteiger partial charge in [-0.25, -0.2) is 12.7 Å². The van der Waals surface area contributed by atoms with E-state index in [-0.39, 0.29) is 5.92 Å². The van der Waals surface area contributed by atoms with Crippen molar-refractivity contribution >= 4 is 38.5 Å². The van der Waals surface area contributed by atoms with Gasteiger partial charge in [0.05, 0.1) is 6.26 Å². The number of fused-ring (bicyclic) bond motifs is 1. The van der Waals surface area contributed by atoms with Crippen LogP contribution in [0.4, 0.5) is 0 Å². The second-order valence-corrected chi connectivity index (χ2v) is 9.34. The van der Waals surface area contributed by atoms with Gasteiger partial charge in [-0.2, -0.15) is 9.61 Å². The Labute approximate surface area is 156 Å². The van der Waals surface area contributed by atoms with Gasteiger partial charge in [-0.05, 0) is 24.5 Å². The molecule has 1 fully saturated rings. The van der Waals surface area contributed by atoms with Crippen LogP contribution in [0.1, 0.15) is 35.2 Å². The number of sulfonamides is 1. The molecule has 1 aromatic carbocycles. The summed E-state index contributed by atoms with van der Waals surface area (Å²) in [5, 5.41) is 14.0. The monoisotopic (exact) mass is 389 g/mol. The zero-order valence-corrected chi connectivity index (χ0v) is 15.9. The highest BCUT2D eigenvalue weighted by molar-refractivity contribution is 7.88. The lowest BCUT2D eigenvalue weighted by Gasteiger charge is -2.28. The van der Waals surface area contributed by atoms with E-state index < -0.39 is 10.0 Å². The summed E-state index contributed by atoms with van der Waals surface area (Å²) < 4.78 is 26.6. The van der Waals surface area contributed by atoms with Crippen LogP contribution in [-0.2, 0) is 10.0 Å². The fraction of sp³-hybridized carbons (Fsp3) is 0.353. The van der Waals surface area contributed by atoms with E-state index in [9.17, 15) is 8.42 Å². The fourth-order valence-corrected chi connectivity index (χ4v) is 4.77. The normalized spacial score (nSPS) is 17.4. The Bertz CT molecular complexity index is 1030. The van der Waals surface area contributed by atoms with E-state index in [0.717, 1.165) is 34.2 Å². The molecule has 0 radical (unpaired) electrons. The molecule has 136 valence electrons. The first-order valence-electron chi connectivity index (χ1n) is 8.41. The van der Waals surface area contributed by atoms with Crippen LogP contribution in [0, 0.1) is 0 Å². The maximum absolute atomic E-state index is 11.7. The molecule has 0 amide bonds. The lowest BCUT2D eigenvalue weighted by molar-refractivity contribution is 0.313. The number of aromatic nitrogens is 4. The number of piperidine rings is 1. The van der Waals surface area contributed by atoms with Crippen molar-refractivity contribution in [3.05, 3.63) is 46.7 Å². The van der Waals surface area contributed by atoms with Gasteiger partial charge in [-0.15, -0.1) is 10.2 Å². The van der Waals surface area contributed by atoms with Crippen LogP contribution in [0.25, 0.3) is 17.1 Å². The van der Waals surface area contributed by atoms with E-state index in [4.69, 9.17) is 0 Å². The summed E-state index contributed by atoms with van der Waals surface area (Å²) in [6, 6.07) is 10.1. The van der Waals surface area contributed by atoms with Crippen LogP contribution in [0.5, 0.6) is 0 Å². The molecule has 0 unspecified atom stereocenters. The van der Waals surface area contributed by atoms with E-state index in [0.29, 0.717) is 13.1 Å². The summed E-state index contributed by atoms with van der Waals surface area (Å²) in [6.07, 6.45) is 6.73. The number of hydrogen-bond acceptors (Lipinski definition) is 6. The SMILES string of the molecule is CS(=O)(=O)N1CCC(c2nnc3sc(/C=C/c4ccccc4)nn23)CC1. The highest BCUT2D eigenvalue weighted by Crippen LogP contribution is 2.29. The molecule has 0 spiro atoms. The van der Waals surface area contributed by atoms with Gasteiger partial charge >= 0.3 is 0 Å². The van der Waals surface area contributed by atoms with Gasteiger partial charge < -0.3 is 0 Å². The summed E-state index contributed by atoms with van der Waals surface area (Å²) in [4.78, 5) is 0.762. The zero-order chi connectivity index (χ0) is 18.1. The maximum atomic E-state index is 11.7. The van der Waals surface area contributed by atoms with E-state index in [1.165, 1.54) is 21.9 Å². The number of hydrogen-bond donors (Lipinski definition) is 0. The highest BCUT2D eigenvalue weighted by Gasteiger charge is 2.29. The molecule has 0 N–H and O–H groups in total. The van der Waals surface area contributed by atoms with Crippen molar-refractivity contribution in [3.63, 3.8) is 0 Å². The van der Waals surface area contributed by atoms with E-state index in [2.05, 4.69) is 15.3 Å². The molecule has 1 saturated heterocycles. The van der Waals surface area contributed by atoms with Crippen LogP contribution in [0.3, 0.4) is 0 Å². The molecule has 3 aromatic rings. The average Bonchev–Trinajstić information content (AvgIpc) is 3.20. The minimum Gasteiger partial charge on any atom is -0.213 e. The second-order valence-electron chi connectivity index (χ2n) is 6.37. The third-order valence-electron chi connectivity index (χ3n) is 4.54. The van der Waals surface area contributed by atoms with E-state index in [1.54, 1.807) is 4.52 Å². The van der Waals surface area contributed by atoms with Crippen molar-refractivity contribution in [1.82, 2.24) is 24.1 Å². The van der Waals surface area contributed by atoms with Crippen LogP contribution in [0.2, 0.25) is 0 Å². The second kappa shape index (κ2) is 6.90. The quantitative estimate of drug-likeness (QED) is 0.685. The van der Waals surface area contributed by atoms with Gasteiger partial charge in [0.1, 0.15) is 5.01 Å². The topological polar surface area (TPSA) is 80.5 Å². The molecule has 9 heteroatoms. The maximum Gasteiger partial charge on any atom is 0.234 e. The Balaban J connectivity index is 1.53. The molecule has 7 nitrogen and oxygen atoms in total. The summed E-state index contributed by atoms with van der Waals surface area (Å²) in [6.45, 7) is 1.03. The van der Waals surface area contributed by atoms with Crippen molar-refractivity contribution in [2.24, 2.45) is 0 Å². The molecule has 26 heavy (non-hydrogen) atoms. The van der Waals surface area contributed by atoms with E-state index in [1.807, 2.05) is 42.5 Å². The number of benzene rings is 1. The molecule has 0 bridgehead atoms. The van der Waals surface area contributed by atoms with Crippen LogP contribution in [0.15, 0.2) is 30.3 Å². The average molecular weight is 390 g/mol. The van der Waals surface area contributed by atoms with Gasteiger partial charge in [-0.3, -0.25) is 0 Å². The fourth-order valence-electron chi connectivity index (χ4n) is 3.15. The van der Waals surface area contributed by atoms with Gasteiger partial charge in [0, 0.05) is 19.0 Å². The molecule has 4 rings (SSSR count). The third-order valence-corrected chi connectivity index (χ3v) is 6.70. The standard InChI is InChI=1S/C17H19N5O2S2/c1-26(23,24)21-11-9-14(10-12-21)16-18-19-17-22(16)20-15(25-17)8-7-13-5-3-2-4-6-13/h2-8,14H,9-12H2,1H3/b8-7+. The van der Waals surface area contributed by atoms with Crippen LogP contribution < -0.4 is 0 Å². The lowest BCUT2D eigenvalue weighted by atomic mass is 9.97. The summed E-state index contributed by atoms with van der Waals surface area (Å²) in [5.74, 6) is 1.000. The molecular formula is C17H19N5O2S2. The summed E-state index contributed by atoms with van der Waals surface area (Å²) in [5.41, 5.74) is 1.12. The van der Waals surface area contributed by atoms with Gasteiger partial charge in [0.2, 0.25) is 15.0 Å². The zero-order valence-electron chi connectivity index (χ0n) is 14.3. The molecule has 2 aromatic heterocycles. The van der Waals surface area contributed by atoms with Crippen molar-refractivity contribution in [1.29, 1.82) is 0 Å². The highest BCUT2D eigenvalue weighted by atomic mass is 32.2. The third kappa shape index (κ3) is 3.55. The molecule has 0 aliphatic carbocycles. The molecule has 0 saturated carbocycles. The van der Waals surface area contributed by atoms with Crippen LogP contribution >= 0.6 is 11.3 Å². The molecule has 1 aliphatic heterocycles. The lowest BCUT2D eigenvalue weighted by Crippen LogP contribution is -2.37. The van der Waals surface area contributed by atoms with Crippen molar-refractivity contribution in [2.75, 3.05) is 19.3 Å². The van der Waals surface area contributed by atoms with Gasteiger partial charge in [0.25, 0.3) is 0 Å². The molecule has 0 atom stereocenters. The Morgan fingerprint density at radius 1 is 1.12 bits per heavy atom. The van der Waals surface area contributed by atoms with Crippen molar-refractivity contribution in [3.8, 4) is 0 Å². The van der Waals surface area contributed by atoms with Crippen molar-refractivity contribution in [2.45, 2.75) is 18.8 Å². The van der Waals surface area contributed by atoms with Gasteiger partial charge in [-0.1, -0.05) is 47.7 Å². The molecular weight excluding hydrogens is 370 g/mol.